The van der Waals surface area contributed by atoms with Crippen molar-refractivity contribution >= 4 is 43.8 Å². The van der Waals surface area contributed by atoms with Gasteiger partial charge in [0.05, 0.1) is 13.0 Å². The maximum atomic E-state index is 11.6. The maximum absolute atomic E-state index is 11.6. The van der Waals surface area contributed by atoms with Crippen LogP contribution in [0, 0.1) is 5.41 Å². The Morgan fingerprint density at radius 2 is 2.22 bits per heavy atom. The fourth-order valence-corrected chi connectivity index (χ4v) is 2.29. The van der Waals surface area contributed by atoms with Crippen molar-refractivity contribution in [2.75, 3.05) is 19.0 Å². The van der Waals surface area contributed by atoms with Crippen molar-refractivity contribution in [3.8, 4) is 0 Å². The van der Waals surface area contributed by atoms with E-state index < -0.39 is 0 Å². The molecule has 0 saturated carbocycles. The van der Waals surface area contributed by atoms with Crippen LogP contribution in [0.3, 0.4) is 0 Å². The first kappa shape index (κ1) is 15.0. The SMILES string of the molecule is CCOC(=O)Cc1c(Cl)ccc(NC)c1C(=N)Br. The molecule has 0 atom stereocenters. The number of nitrogens with one attached hydrogen (secondary N) is 2. The lowest BCUT2D eigenvalue weighted by Crippen LogP contribution is -2.12. The second kappa shape index (κ2) is 6.75. The molecule has 0 heterocycles. The summed E-state index contributed by atoms with van der Waals surface area (Å²) in [5, 5.41) is 11.1. The summed E-state index contributed by atoms with van der Waals surface area (Å²) >= 11 is 9.21. The van der Waals surface area contributed by atoms with Gasteiger partial charge in [-0.25, -0.2) is 0 Å². The highest BCUT2D eigenvalue weighted by Crippen LogP contribution is 2.29. The molecule has 98 valence electrons. The van der Waals surface area contributed by atoms with E-state index in [-0.39, 0.29) is 17.0 Å². The van der Waals surface area contributed by atoms with Crippen molar-refractivity contribution in [1.29, 1.82) is 5.41 Å². The highest BCUT2D eigenvalue weighted by atomic mass is 79.9. The fraction of sp³-hybridized carbons (Fsp3) is 0.333. The molecule has 18 heavy (non-hydrogen) atoms. The van der Waals surface area contributed by atoms with E-state index in [1.54, 1.807) is 26.1 Å². The van der Waals surface area contributed by atoms with Gasteiger partial charge in [0.2, 0.25) is 0 Å². The molecule has 0 aromatic heterocycles. The fourth-order valence-electron chi connectivity index (χ4n) is 1.61. The second-order valence-corrected chi connectivity index (χ2v) is 4.69. The Hall–Kier alpha value is -1.07. The van der Waals surface area contributed by atoms with Crippen LogP contribution < -0.4 is 5.32 Å². The molecular weight excluding hydrogens is 320 g/mol. The van der Waals surface area contributed by atoms with Crippen LogP contribution in [-0.2, 0) is 16.0 Å². The summed E-state index contributed by atoms with van der Waals surface area (Å²) in [5.41, 5.74) is 1.91. The van der Waals surface area contributed by atoms with Crippen LogP contribution in [0.4, 0.5) is 5.69 Å². The zero-order chi connectivity index (χ0) is 13.7. The molecule has 1 rings (SSSR count). The van der Waals surface area contributed by atoms with Crippen LogP contribution in [0.15, 0.2) is 12.1 Å². The molecule has 1 aromatic rings. The van der Waals surface area contributed by atoms with Crippen LogP contribution in [-0.4, -0.2) is 24.2 Å². The molecule has 0 bridgehead atoms. The summed E-state index contributed by atoms with van der Waals surface area (Å²) in [6.07, 6.45) is 0.0471. The topological polar surface area (TPSA) is 62.2 Å². The highest BCUT2D eigenvalue weighted by molar-refractivity contribution is 9.18. The standard InChI is InChI=1S/C12H14BrClN2O2/c1-3-18-10(17)6-7-8(14)4-5-9(16-2)11(7)12(13)15/h4-5,15-16H,3,6H2,1-2H3. The van der Waals surface area contributed by atoms with Gasteiger partial charge in [0.1, 0.15) is 4.62 Å². The predicted octanol–water partition coefficient (Wildman–Crippen LogP) is 3.21. The number of hydrogen-bond acceptors (Lipinski definition) is 4. The van der Waals surface area contributed by atoms with Gasteiger partial charge in [-0.2, -0.15) is 0 Å². The summed E-state index contributed by atoms with van der Waals surface area (Å²) in [5.74, 6) is -0.359. The third-order valence-corrected chi connectivity index (χ3v) is 3.12. The zero-order valence-corrected chi connectivity index (χ0v) is 12.5. The number of rotatable bonds is 5. The van der Waals surface area contributed by atoms with Gasteiger partial charge >= 0.3 is 5.97 Å². The van der Waals surface area contributed by atoms with E-state index in [1.807, 2.05) is 0 Å². The number of hydrogen-bond donors (Lipinski definition) is 2. The van der Waals surface area contributed by atoms with E-state index in [4.69, 9.17) is 21.7 Å². The maximum Gasteiger partial charge on any atom is 0.310 e. The van der Waals surface area contributed by atoms with Gasteiger partial charge in [0.25, 0.3) is 0 Å². The third-order valence-electron chi connectivity index (χ3n) is 2.37. The number of halogens is 2. The van der Waals surface area contributed by atoms with Crippen molar-refractivity contribution in [2.24, 2.45) is 0 Å². The Labute approximate surface area is 119 Å². The molecule has 0 radical (unpaired) electrons. The zero-order valence-electron chi connectivity index (χ0n) is 10.1. The number of benzene rings is 1. The quantitative estimate of drug-likeness (QED) is 0.642. The van der Waals surface area contributed by atoms with E-state index in [1.165, 1.54) is 0 Å². The van der Waals surface area contributed by atoms with E-state index in [0.717, 1.165) is 5.69 Å². The number of carbonyl (C=O) groups is 1. The van der Waals surface area contributed by atoms with Crippen LogP contribution in [0.5, 0.6) is 0 Å². The Kier molecular flexibility index (Phi) is 5.62. The molecule has 4 nitrogen and oxygen atoms in total. The van der Waals surface area contributed by atoms with Crippen LogP contribution in [0.25, 0.3) is 0 Å². The first-order chi connectivity index (χ1) is 8.51. The number of ether oxygens (including phenoxy) is 1. The van der Waals surface area contributed by atoms with Gasteiger partial charge in [-0.1, -0.05) is 11.6 Å². The minimum absolute atomic E-state index is 0.0471. The summed E-state index contributed by atoms with van der Waals surface area (Å²) in [6.45, 7) is 2.07. The van der Waals surface area contributed by atoms with Gasteiger partial charge in [0.15, 0.2) is 0 Å². The Balaban J connectivity index is 3.22. The van der Waals surface area contributed by atoms with Gasteiger partial charge in [-0.05, 0) is 40.5 Å². The number of carbonyl (C=O) groups excluding carboxylic acids is 1. The Bertz CT molecular complexity index is 477. The van der Waals surface area contributed by atoms with Crippen molar-refractivity contribution in [3.05, 3.63) is 28.3 Å². The summed E-state index contributed by atoms with van der Waals surface area (Å²) in [7, 11) is 1.75. The Morgan fingerprint density at radius 1 is 1.56 bits per heavy atom. The molecule has 6 heteroatoms. The normalized spacial score (nSPS) is 10.0. The van der Waals surface area contributed by atoms with Gasteiger partial charge < -0.3 is 10.1 Å². The average Bonchev–Trinajstić information content (AvgIpc) is 2.31. The summed E-state index contributed by atoms with van der Waals surface area (Å²) in [6, 6.07) is 3.46. The predicted molar refractivity (Wildman–Crippen MR) is 77.1 cm³/mol. The van der Waals surface area contributed by atoms with E-state index in [0.29, 0.717) is 22.8 Å². The van der Waals surface area contributed by atoms with Crippen LogP contribution in [0.2, 0.25) is 5.02 Å². The van der Waals surface area contributed by atoms with Crippen molar-refractivity contribution in [3.63, 3.8) is 0 Å². The smallest absolute Gasteiger partial charge is 0.310 e. The molecule has 0 aliphatic heterocycles. The van der Waals surface area contributed by atoms with E-state index >= 15 is 0 Å². The third kappa shape index (κ3) is 3.46. The van der Waals surface area contributed by atoms with Gasteiger partial charge in [-0.15, -0.1) is 0 Å². The molecule has 0 fully saturated rings. The molecule has 0 aliphatic carbocycles. The van der Waals surface area contributed by atoms with Gasteiger partial charge in [0, 0.05) is 23.3 Å². The molecule has 2 N–H and O–H groups in total. The van der Waals surface area contributed by atoms with Crippen molar-refractivity contribution < 1.29 is 9.53 Å². The van der Waals surface area contributed by atoms with E-state index in [9.17, 15) is 4.79 Å². The first-order valence-corrected chi connectivity index (χ1v) is 6.57. The largest absolute Gasteiger partial charge is 0.466 e. The first-order valence-electron chi connectivity index (χ1n) is 5.40. The average molecular weight is 334 g/mol. The molecule has 0 aliphatic rings. The lowest BCUT2D eigenvalue weighted by molar-refractivity contribution is -0.142. The Morgan fingerprint density at radius 3 is 2.72 bits per heavy atom. The molecule has 0 saturated heterocycles. The minimum atomic E-state index is -0.359. The molecule has 0 unspecified atom stereocenters. The summed E-state index contributed by atoms with van der Waals surface area (Å²) < 4.78 is 5.08. The van der Waals surface area contributed by atoms with Crippen molar-refractivity contribution in [1.82, 2.24) is 0 Å². The monoisotopic (exact) mass is 332 g/mol. The summed E-state index contributed by atoms with van der Waals surface area (Å²) in [4.78, 5) is 11.6. The lowest BCUT2D eigenvalue weighted by atomic mass is 10.0. The molecule has 0 amide bonds. The van der Waals surface area contributed by atoms with Crippen LogP contribution in [0.1, 0.15) is 18.1 Å². The second-order valence-electron chi connectivity index (χ2n) is 3.49. The van der Waals surface area contributed by atoms with Crippen LogP contribution >= 0.6 is 27.5 Å². The minimum Gasteiger partial charge on any atom is -0.466 e. The number of esters is 1. The van der Waals surface area contributed by atoms with Gasteiger partial charge in [-0.3, -0.25) is 10.2 Å². The molecular formula is C12H14BrClN2O2. The molecule has 0 spiro atoms. The highest BCUT2D eigenvalue weighted by Gasteiger charge is 2.17. The molecule has 1 aromatic carbocycles. The number of anilines is 1. The van der Waals surface area contributed by atoms with E-state index in [2.05, 4.69) is 21.2 Å². The van der Waals surface area contributed by atoms with Crippen molar-refractivity contribution in [2.45, 2.75) is 13.3 Å². The lowest BCUT2D eigenvalue weighted by Gasteiger charge is -2.14.